The second-order valence-corrected chi connectivity index (χ2v) is 8.83. The van der Waals surface area contributed by atoms with Crippen LogP contribution < -0.4 is 0 Å². The molecule has 10 heteroatoms. The number of pyridine rings is 1. The fourth-order valence-corrected chi connectivity index (χ4v) is 4.66. The first-order chi connectivity index (χ1) is 17.5. The summed E-state index contributed by atoms with van der Waals surface area (Å²) in [5.74, 6) is -0.490. The number of amides is 1. The third-order valence-electron chi connectivity index (χ3n) is 6.42. The van der Waals surface area contributed by atoms with Gasteiger partial charge < -0.3 is 9.64 Å². The number of rotatable bonds is 6. The lowest BCUT2D eigenvalue weighted by Crippen LogP contribution is -2.46. The van der Waals surface area contributed by atoms with Crippen LogP contribution in [-0.4, -0.2) is 66.2 Å². The molecular formula is C26H27N7O3. The summed E-state index contributed by atoms with van der Waals surface area (Å²) in [7, 11) is 1.35. The van der Waals surface area contributed by atoms with E-state index in [9.17, 15) is 9.59 Å². The molecule has 0 spiro atoms. The van der Waals surface area contributed by atoms with Crippen molar-refractivity contribution in [2.75, 3.05) is 13.7 Å². The molecule has 5 rings (SSSR count). The van der Waals surface area contributed by atoms with Crippen molar-refractivity contribution in [2.24, 2.45) is 0 Å². The first-order valence-corrected chi connectivity index (χ1v) is 11.9. The van der Waals surface area contributed by atoms with Gasteiger partial charge in [0.15, 0.2) is 0 Å². The second kappa shape index (κ2) is 10.1. The zero-order valence-electron chi connectivity index (χ0n) is 20.2. The molecule has 0 bridgehead atoms. The summed E-state index contributed by atoms with van der Waals surface area (Å²) in [6.07, 6.45) is 11.2. The number of ether oxygens (including phenoxy) is 1. The predicted octanol–water partition coefficient (Wildman–Crippen LogP) is 3.32. The molecule has 0 saturated carbocycles. The minimum absolute atomic E-state index is 0.0262. The average molecular weight is 486 g/mol. The summed E-state index contributed by atoms with van der Waals surface area (Å²) in [6, 6.07) is 9.09. The van der Waals surface area contributed by atoms with Crippen LogP contribution in [0.5, 0.6) is 0 Å². The molecule has 184 valence electrons. The highest BCUT2D eigenvalue weighted by Crippen LogP contribution is 2.26. The van der Waals surface area contributed by atoms with Crippen molar-refractivity contribution in [3.05, 3.63) is 78.0 Å². The molecule has 1 aromatic carbocycles. The molecule has 1 saturated heterocycles. The van der Waals surface area contributed by atoms with Crippen molar-refractivity contribution in [1.82, 2.24) is 34.7 Å². The van der Waals surface area contributed by atoms with Gasteiger partial charge in [0.1, 0.15) is 0 Å². The fraction of sp³-hybridized carbons (Fsp3) is 0.308. The number of likely N-dealkylation sites (tertiary alicyclic amines) is 1. The molecular weight excluding hydrogens is 458 g/mol. The quantitative estimate of drug-likeness (QED) is 0.386. The number of hydrogen-bond donors (Lipinski definition) is 0. The van der Waals surface area contributed by atoms with Gasteiger partial charge in [-0.25, -0.2) is 4.79 Å². The minimum Gasteiger partial charge on any atom is -0.465 e. The highest BCUT2D eigenvalue weighted by atomic mass is 16.5. The van der Waals surface area contributed by atoms with Gasteiger partial charge in [-0.2, -0.15) is 20.1 Å². The molecule has 36 heavy (non-hydrogen) atoms. The van der Waals surface area contributed by atoms with Crippen molar-refractivity contribution in [3.63, 3.8) is 0 Å². The first-order valence-electron chi connectivity index (χ1n) is 11.9. The van der Waals surface area contributed by atoms with Gasteiger partial charge in [0.25, 0.3) is 5.91 Å². The van der Waals surface area contributed by atoms with E-state index in [1.54, 1.807) is 36.9 Å². The van der Waals surface area contributed by atoms with E-state index in [4.69, 9.17) is 4.74 Å². The lowest BCUT2D eigenvalue weighted by molar-refractivity contribution is 0.0580. The van der Waals surface area contributed by atoms with Crippen molar-refractivity contribution >= 4 is 11.9 Å². The van der Waals surface area contributed by atoms with Crippen LogP contribution in [0.1, 0.15) is 45.5 Å². The topological polar surface area (TPSA) is 108 Å². The number of piperidine rings is 1. The Labute approximate surface area is 208 Å². The number of esters is 1. The van der Waals surface area contributed by atoms with E-state index in [2.05, 4.69) is 20.3 Å². The summed E-state index contributed by atoms with van der Waals surface area (Å²) in [4.78, 5) is 33.8. The van der Waals surface area contributed by atoms with Crippen molar-refractivity contribution in [3.8, 4) is 16.9 Å². The molecule has 4 heterocycles. The molecule has 4 aromatic rings. The van der Waals surface area contributed by atoms with E-state index in [0.717, 1.165) is 30.4 Å². The average Bonchev–Trinajstić information content (AvgIpc) is 3.61. The van der Waals surface area contributed by atoms with Crippen molar-refractivity contribution < 1.29 is 14.3 Å². The standard InChI is InChI=1S/C26H27N7O3/c1-18-8-9-23(33-28-11-12-29-33)22(14-18)25(34)32-13-4-3-6-20(32)17-31-16-19(15-30-31)24-21(26(35)36-2)7-5-10-27-24/h5,7-12,14-16,20H,3-4,6,13,17H2,1-2H3/t20-/m0/s1. The van der Waals surface area contributed by atoms with Crippen LogP contribution in [0.4, 0.5) is 0 Å². The fourth-order valence-electron chi connectivity index (χ4n) is 4.66. The van der Waals surface area contributed by atoms with E-state index < -0.39 is 5.97 Å². The Morgan fingerprint density at radius 3 is 2.69 bits per heavy atom. The number of aryl methyl sites for hydroxylation is 1. The molecule has 1 fully saturated rings. The third-order valence-corrected chi connectivity index (χ3v) is 6.42. The summed E-state index contributed by atoms with van der Waals surface area (Å²) >= 11 is 0. The molecule has 1 aliphatic rings. The Hall–Kier alpha value is -4.34. The number of carbonyl (C=O) groups is 2. The molecule has 1 amide bonds. The summed E-state index contributed by atoms with van der Waals surface area (Å²) in [5.41, 5.74) is 3.85. The lowest BCUT2D eigenvalue weighted by atomic mass is 9.99. The normalized spacial score (nSPS) is 15.6. The second-order valence-electron chi connectivity index (χ2n) is 8.83. The van der Waals surface area contributed by atoms with Gasteiger partial charge in [0.05, 0.1) is 60.8 Å². The zero-order valence-corrected chi connectivity index (χ0v) is 20.2. The van der Waals surface area contributed by atoms with Crippen LogP contribution in [0.15, 0.2) is 61.3 Å². The van der Waals surface area contributed by atoms with Crippen LogP contribution >= 0.6 is 0 Å². The van der Waals surface area contributed by atoms with E-state index in [-0.39, 0.29) is 11.9 Å². The molecule has 10 nitrogen and oxygen atoms in total. The molecule has 0 unspecified atom stereocenters. The van der Waals surface area contributed by atoms with Crippen LogP contribution in [-0.2, 0) is 11.3 Å². The maximum atomic E-state index is 13.8. The maximum Gasteiger partial charge on any atom is 0.340 e. The van der Waals surface area contributed by atoms with Gasteiger partial charge in [-0.15, -0.1) is 0 Å². The monoisotopic (exact) mass is 485 g/mol. The van der Waals surface area contributed by atoms with E-state index >= 15 is 0 Å². The van der Waals surface area contributed by atoms with Gasteiger partial charge >= 0.3 is 5.97 Å². The van der Waals surface area contributed by atoms with E-state index in [0.29, 0.717) is 35.6 Å². The van der Waals surface area contributed by atoms with Crippen molar-refractivity contribution in [2.45, 2.75) is 38.8 Å². The number of nitrogens with zero attached hydrogens (tertiary/aromatic N) is 7. The summed E-state index contributed by atoms with van der Waals surface area (Å²) < 4.78 is 6.71. The van der Waals surface area contributed by atoms with Gasteiger partial charge in [0.2, 0.25) is 0 Å². The van der Waals surface area contributed by atoms with Crippen LogP contribution in [0.25, 0.3) is 16.9 Å². The van der Waals surface area contributed by atoms with Crippen LogP contribution in [0.3, 0.4) is 0 Å². The van der Waals surface area contributed by atoms with Gasteiger partial charge in [0, 0.05) is 24.5 Å². The highest BCUT2D eigenvalue weighted by Gasteiger charge is 2.30. The Kier molecular flexibility index (Phi) is 6.57. The molecule has 0 aliphatic carbocycles. The Bertz CT molecular complexity index is 1380. The van der Waals surface area contributed by atoms with Gasteiger partial charge in [-0.3, -0.25) is 14.5 Å². The largest absolute Gasteiger partial charge is 0.465 e. The molecule has 1 aliphatic heterocycles. The Morgan fingerprint density at radius 2 is 1.89 bits per heavy atom. The van der Waals surface area contributed by atoms with E-state index in [1.165, 1.54) is 11.9 Å². The molecule has 1 atom stereocenters. The number of carbonyl (C=O) groups excluding carboxylic acids is 2. The zero-order chi connectivity index (χ0) is 25.1. The molecule has 3 aromatic heterocycles. The number of benzene rings is 1. The summed E-state index contributed by atoms with van der Waals surface area (Å²) in [6.45, 7) is 3.17. The van der Waals surface area contributed by atoms with Crippen LogP contribution in [0, 0.1) is 6.92 Å². The Balaban J connectivity index is 1.41. The lowest BCUT2D eigenvalue weighted by Gasteiger charge is -2.36. The number of aromatic nitrogens is 6. The summed E-state index contributed by atoms with van der Waals surface area (Å²) in [5, 5.41) is 13.0. The first kappa shape index (κ1) is 23.4. The number of methoxy groups -OCH3 is 1. The Morgan fingerprint density at radius 1 is 1.06 bits per heavy atom. The molecule has 0 N–H and O–H groups in total. The smallest absolute Gasteiger partial charge is 0.340 e. The highest BCUT2D eigenvalue weighted by molar-refractivity contribution is 5.98. The van der Waals surface area contributed by atoms with Gasteiger partial charge in [-0.1, -0.05) is 11.6 Å². The predicted molar refractivity (Wildman–Crippen MR) is 132 cm³/mol. The SMILES string of the molecule is COC(=O)c1cccnc1-c1cnn(C[C@@H]2CCCCN2C(=O)c2cc(C)ccc2-n2nccn2)c1. The minimum atomic E-state index is -0.449. The maximum absolute atomic E-state index is 13.8. The van der Waals surface area contributed by atoms with Crippen molar-refractivity contribution in [1.29, 1.82) is 0 Å². The molecule has 0 radical (unpaired) electrons. The van der Waals surface area contributed by atoms with E-state index in [1.807, 2.05) is 40.9 Å². The van der Waals surface area contributed by atoms with Crippen LogP contribution in [0.2, 0.25) is 0 Å². The third kappa shape index (κ3) is 4.61. The van der Waals surface area contributed by atoms with Gasteiger partial charge in [-0.05, 0) is 50.5 Å². The number of hydrogen-bond acceptors (Lipinski definition) is 7.